The third-order valence-electron chi connectivity index (χ3n) is 7.72. The van der Waals surface area contributed by atoms with Crippen LogP contribution in [0, 0.1) is 11.3 Å². The van der Waals surface area contributed by atoms with Gasteiger partial charge in [-0.25, -0.2) is 0 Å². The summed E-state index contributed by atoms with van der Waals surface area (Å²) in [7, 11) is 0. The van der Waals surface area contributed by atoms with E-state index in [1.165, 1.54) is 0 Å². The van der Waals surface area contributed by atoms with Gasteiger partial charge in [0.25, 0.3) is 0 Å². The van der Waals surface area contributed by atoms with Gasteiger partial charge in [-0.1, -0.05) is 6.08 Å². The summed E-state index contributed by atoms with van der Waals surface area (Å²) < 4.78 is 17.8. The van der Waals surface area contributed by atoms with Crippen LogP contribution in [0.25, 0.3) is 0 Å². The molecule has 0 aromatic rings. The standard InChI is InChI=1S/C21H34O8/c1-19(2,29-18-17(26)16(25)15(24)12(9-22)28-18)11-4-7-21-10-27-20(3,13(21)8-11)6-5-14(21)23/h8,11-12,14-18,22-26H,4-7,9-10H2,1-3H3. The van der Waals surface area contributed by atoms with Crippen LogP contribution in [0.1, 0.15) is 46.5 Å². The molecule has 2 saturated heterocycles. The van der Waals surface area contributed by atoms with Gasteiger partial charge >= 0.3 is 0 Å². The molecule has 0 amide bonds. The van der Waals surface area contributed by atoms with Crippen LogP contribution in [-0.2, 0) is 14.2 Å². The van der Waals surface area contributed by atoms with E-state index < -0.39 is 49.0 Å². The Kier molecular flexibility index (Phi) is 5.40. The van der Waals surface area contributed by atoms with E-state index in [1.54, 1.807) is 0 Å². The van der Waals surface area contributed by atoms with Gasteiger partial charge in [-0.05, 0) is 52.0 Å². The Morgan fingerprint density at radius 3 is 2.52 bits per heavy atom. The van der Waals surface area contributed by atoms with Gasteiger partial charge < -0.3 is 39.7 Å². The van der Waals surface area contributed by atoms with Crippen LogP contribution in [-0.4, -0.2) is 86.8 Å². The first kappa shape index (κ1) is 21.6. The summed E-state index contributed by atoms with van der Waals surface area (Å²) in [4.78, 5) is 0. The SMILES string of the molecule is CC12CCC(O)C3(CCC(C(C)(C)OC4OC(CO)C(O)C(O)C4O)C=C13)CO2. The zero-order valence-corrected chi connectivity index (χ0v) is 17.3. The Labute approximate surface area is 171 Å². The molecule has 5 N–H and O–H groups in total. The molecule has 2 bridgehead atoms. The van der Waals surface area contributed by atoms with Gasteiger partial charge in [0.2, 0.25) is 0 Å². The molecule has 166 valence electrons. The average molecular weight is 414 g/mol. The van der Waals surface area contributed by atoms with Crippen molar-refractivity contribution >= 4 is 0 Å². The lowest BCUT2D eigenvalue weighted by Crippen LogP contribution is -2.61. The molecule has 29 heavy (non-hydrogen) atoms. The van der Waals surface area contributed by atoms with E-state index in [0.29, 0.717) is 6.61 Å². The van der Waals surface area contributed by atoms with E-state index in [0.717, 1.165) is 31.3 Å². The van der Waals surface area contributed by atoms with Crippen LogP contribution in [0.5, 0.6) is 0 Å². The van der Waals surface area contributed by atoms with Crippen molar-refractivity contribution < 1.29 is 39.7 Å². The largest absolute Gasteiger partial charge is 0.394 e. The first-order valence-corrected chi connectivity index (χ1v) is 10.6. The van der Waals surface area contributed by atoms with Gasteiger partial charge in [0.05, 0.1) is 30.5 Å². The quantitative estimate of drug-likeness (QED) is 0.402. The van der Waals surface area contributed by atoms with Crippen molar-refractivity contribution in [3.63, 3.8) is 0 Å². The normalized spacial score (nSPS) is 50.2. The lowest BCUT2D eigenvalue weighted by atomic mass is 9.58. The van der Waals surface area contributed by atoms with Crippen molar-refractivity contribution in [2.45, 2.75) is 94.5 Å². The minimum atomic E-state index is -1.47. The smallest absolute Gasteiger partial charge is 0.187 e. The zero-order chi connectivity index (χ0) is 21.2. The van der Waals surface area contributed by atoms with E-state index in [2.05, 4.69) is 13.0 Å². The van der Waals surface area contributed by atoms with E-state index in [1.807, 2.05) is 13.8 Å². The Morgan fingerprint density at radius 1 is 1.10 bits per heavy atom. The monoisotopic (exact) mass is 414 g/mol. The van der Waals surface area contributed by atoms with Gasteiger partial charge in [0.1, 0.15) is 24.4 Å². The lowest BCUT2D eigenvalue weighted by Gasteiger charge is -2.49. The number of hydrogen-bond acceptors (Lipinski definition) is 8. The van der Waals surface area contributed by atoms with Gasteiger partial charge in [-0.2, -0.15) is 0 Å². The average Bonchev–Trinajstić information content (AvgIpc) is 2.93. The number of ether oxygens (including phenoxy) is 3. The van der Waals surface area contributed by atoms with Gasteiger partial charge in [-0.3, -0.25) is 0 Å². The van der Waals surface area contributed by atoms with Crippen molar-refractivity contribution in [3.8, 4) is 0 Å². The van der Waals surface area contributed by atoms with Crippen LogP contribution < -0.4 is 0 Å². The molecular formula is C21H34O8. The van der Waals surface area contributed by atoms with Crippen LogP contribution in [0.3, 0.4) is 0 Å². The van der Waals surface area contributed by atoms with Crippen molar-refractivity contribution in [1.29, 1.82) is 0 Å². The molecular weight excluding hydrogens is 380 g/mol. The molecule has 0 spiro atoms. The second kappa shape index (κ2) is 7.24. The molecule has 9 atom stereocenters. The molecule has 8 nitrogen and oxygen atoms in total. The van der Waals surface area contributed by atoms with Crippen molar-refractivity contribution in [2.75, 3.05) is 13.2 Å². The molecule has 0 aromatic heterocycles. The minimum Gasteiger partial charge on any atom is -0.394 e. The Morgan fingerprint density at radius 2 is 1.83 bits per heavy atom. The third kappa shape index (κ3) is 3.29. The lowest BCUT2D eigenvalue weighted by molar-refractivity contribution is -0.327. The Hall–Kier alpha value is -0.580. The van der Waals surface area contributed by atoms with Gasteiger partial charge in [0, 0.05) is 11.3 Å². The fourth-order valence-electron chi connectivity index (χ4n) is 5.65. The summed E-state index contributed by atoms with van der Waals surface area (Å²) in [5.74, 6) is -0.00989. The third-order valence-corrected chi connectivity index (χ3v) is 7.72. The highest BCUT2D eigenvalue weighted by Crippen LogP contribution is 2.59. The fraction of sp³-hybridized carbons (Fsp3) is 0.905. The highest BCUT2D eigenvalue weighted by atomic mass is 16.7. The number of hydrogen-bond donors (Lipinski definition) is 5. The summed E-state index contributed by atoms with van der Waals surface area (Å²) in [5.41, 5.74) is -0.286. The van der Waals surface area contributed by atoms with E-state index >= 15 is 0 Å². The second-order valence-corrected chi connectivity index (χ2v) is 9.87. The minimum absolute atomic E-state index is 0.00989. The molecule has 2 aliphatic heterocycles. The summed E-state index contributed by atoms with van der Waals surface area (Å²) >= 11 is 0. The van der Waals surface area contributed by atoms with E-state index in [-0.39, 0.29) is 16.9 Å². The zero-order valence-electron chi connectivity index (χ0n) is 17.3. The maximum Gasteiger partial charge on any atom is 0.187 e. The summed E-state index contributed by atoms with van der Waals surface area (Å²) in [6, 6.07) is 0. The first-order chi connectivity index (χ1) is 13.5. The van der Waals surface area contributed by atoms with Gasteiger partial charge in [0.15, 0.2) is 6.29 Å². The summed E-state index contributed by atoms with van der Waals surface area (Å²) in [5, 5.41) is 50.5. The fourth-order valence-corrected chi connectivity index (χ4v) is 5.65. The molecule has 8 heteroatoms. The number of aliphatic hydroxyl groups is 5. The number of aliphatic hydroxyl groups excluding tert-OH is 5. The van der Waals surface area contributed by atoms with E-state index in [9.17, 15) is 25.5 Å². The molecule has 4 aliphatic rings. The van der Waals surface area contributed by atoms with Crippen LogP contribution in [0.2, 0.25) is 0 Å². The van der Waals surface area contributed by atoms with Crippen molar-refractivity contribution in [3.05, 3.63) is 11.6 Å². The first-order valence-electron chi connectivity index (χ1n) is 10.6. The predicted molar refractivity (Wildman–Crippen MR) is 102 cm³/mol. The predicted octanol–water partition coefficient (Wildman–Crippen LogP) is -0.152. The maximum absolute atomic E-state index is 10.7. The van der Waals surface area contributed by atoms with Crippen molar-refractivity contribution in [1.82, 2.24) is 0 Å². The number of rotatable bonds is 4. The summed E-state index contributed by atoms with van der Waals surface area (Å²) in [6.45, 7) is 5.93. The van der Waals surface area contributed by atoms with Crippen LogP contribution >= 0.6 is 0 Å². The summed E-state index contributed by atoms with van der Waals surface area (Å²) in [6.07, 6.45) is -1.62. The topological polar surface area (TPSA) is 129 Å². The van der Waals surface area contributed by atoms with Gasteiger partial charge in [-0.15, -0.1) is 0 Å². The maximum atomic E-state index is 10.7. The molecule has 9 unspecified atom stereocenters. The molecule has 2 heterocycles. The van der Waals surface area contributed by atoms with Crippen molar-refractivity contribution in [2.24, 2.45) is 11.3 Å². The van der Waals surface area contributed by atoms with Crippen LogP contribution in [0.4, 0.5) is 0 Å². The molecule has 3 fully saturated rings. The molecule has 0 aromatic carbocycles. The molecule has 0 radical (unpaired) electrons. The van der Waals surface area contributed by atoms with Crippen LogP contribution in [0.15, 0.2) is 11.6 Å². The molecule has 4 rings (SSSR count). The Balaban J connectivity index is 1.56. The highest BCUT2D eigenvalue weighted by molar-refractivity contribution is 5.36. The highest BCUT2D eigenvalue weighted by Gasteiger charge is 2.60. The second-order valence-electron chi connectivity index (χ2n) is 9.87. The molecule has 2 aliphatic carbocycles. The molecule has 1 saturated carbocycles. The Bertz CT molecular complexity index is 663. The van der Waals surface area contributed by atoms with E-state index in [4.69, 9.17) is 14.2 Å².